The van der Waals surface area contributed by atoms with Gasteiger partial charge in [0.05, 0.1) is 18.2 Å². The molecule has 0 aliphatic heterocycles. The van der Waals surface area contributed by atoms with Crippen molar-refractivity contribution in [3.63, 3.8) is 0 Å². The topological polar surface area (TPSA) is 68.3 Å². The van der Waals surface area contributed by atoms with Crippen LogP contribution in [0.3, 0.4) is 0 Å². The lowest BCUT2D eigenvalue weighted by Gasteiger charge is -1.97. The minimum Gasteiger partial charge on any atom is -0.465 e. The molecule has 0 aromatic carbocycles. The molecule has 0 radical (unpaired) electrons. The van der Waals surface area contributed by atoms with Crippen LogP contribution in [0.25, 0.3) is 0 Å². The molecule has 1 N–H and O–H groups in total. The summed E-state index contributed by atoms with van der Waals surface area (Å²) >= 11 is 2.42. The van der Waals surface area contributed by atoms with E-state index in [9.17, 15) is 9.59 Å². The third-order valence-electron chi connectivity index (χ3n) is 1.86. The Bertz CT molecular complexity index is 534. The first-order chi connectivity index (χ1) is 8.20. The van der Waals surface area contributed by atoms with E-state index >= 15 is 0 Å². The van der Waals surface area contributed by atoms with Gasteiger partial charge in [-0.25, -0.2) is 9.78 Å². The average molecular weight is 268 g/mol. The van der Waals surface area contributed by atoms with Crippen molar-refractivity contribution < 1.29 is 14.3 Å². The normalized spacial score (nSPS) is 9.94. The summed E-state index contributed by atoms with van der Waals surface area (Å²) in [7, 11) is 1.30. The molecule has 0 bridgehead atoms. The monoisotopic (exact) mass is 268 g/mol. The molecule has 1 amide bonds. The predicted octanol–water partition coefficient (Wildman–Crippen LogP) is 2.24. The van der Waals surface area contributed by atoms with Gasteiger partial charge in [0.2, 0.25) is 0 Å². The van der Waals surface area contributed by atoms with Crippen LogP contribution >= 0.6 is 22.7 Å². The highest BCUT2D eigenvalue weighted by atomic mass is 32.1. The number of amides is 1. The number of anilines is 1. The van der Waals surface area contributed by atoms with Gasteiger partial charge in [-0.3, -0.25) is 10.1 Å². The van der Waals surface area contributed by atoms with Crippen molar-refractivity contribution in [3.8, 4) is 0 Å². The molecule has 2 heterocycles. The lowest BCUT2D eigenvalue weighted by atomic mass is 10.4. The Morgan fingerprint density at radius 3 is 2.88 bits per heavy atom. The largest absolute Gasteiger partial charge is 0.465 e. The number of hydrogen-bond acceptors (Lipinski definition) is 6. The van der Waals surface area contributed by atoms with Gasteiger partial charge in [0.15, 0.2) is 5.13 Å². The fourth-order valence-electron chi connectivity index (χ4n) is 1.09. The molecular weight excluding hydrogens is 260 g/mol. The van der Waals surface area contributed by atoms with Crippen LogP contribution in [-0.4, -0.2) is 24.0 Å². The number of hydrogen-bond donors (Lipinski definition) is 1. The molecule has 0 fully saturated rings. The standard InChI is InChI=1S/C10H8N2O3S2/c1-15-9(14)7-5-11-10(17-7)12-8(13)6-3-2-4-16-6/h2-5H,1H3,(H,11,12,13). The first-order valence-corrected chi connectivity index (χ1v) is 6.29. The van der Waals surface area contributed by atoms with Crippen LogP contribution in [0.5, 0.6) is 0 Å². The quantitative estimate of drug-likeness (QED) is 0.867. The zero-order chi connectivity index (χ0) is 12.3. The highest BCUT2D eigenvalue weighted by molar-refractivity contribution is 7.17. The number of aromatic nitrogens is 1. The van der Waals surface area contributed by atoms with Gasteiger partial charge >= 0.3 is 5.97 Å². The maximum atomic E-state index is 11.7. The van der Waals surface area contributed by atoms with Crippen molar-refractivity contribution in [1.29, 1.82) is 0 Å². The minimum absolute atomic E-state index is 0.231. The number of methoxy groups -OCH3 is 1. The summed E-state index contributed by atoms with van der Waals surface area (Å²) < 4.78 is 4.55. The number of nitrogens with one attached hydrogen (secondary N) is 1. The van der Waals surface area contributed by atoms with Gasteiger partial charge in [-0.1, -0.05) is 17.4 Å². The minimum atomic E-state index is -0.459. The molecule has 88 valence electrons. The van der Waals surface area contributed by atoms with Gasteiger partial charge < -0.3 is 4.74 Å². The van der Waals surface area contributed by atoms with Gasteiger partial charge in [0.25, 0.3) is 5.91 Å². The number of thiophene rings is 1. The van der Waals surface area contributed by atoms with Crippen LogP contribution in [0.15, 0.2) is 23.7 Å². The van der Waals surface area contributed by atoms with Crippen LogP contribution in [0.1, 0.15) is 19.3 Å². The highest BCUT2D eigenvalue weighted by Gasteiger charge is 2.13. The molecule has 0 unspecified atom stereocenters. The van der Waals surface area contributed by atoms with E-state index in [1.165, 1.54) is 24.6 Å². The summed E-state index contributed by atoms with van der Waals surface area (Å²) in [6.45, 7) is 0. The molecule has 5 nitrogen and oxygen atoms in total. The van der Waals surface area contributed by atoms with Gasteiger partial charge in [-0.05, 0) is 11.4 Å². The molecule has 0 spiro atoms. The van der Waals surface area contributed by atoms with Crippen LogP contribution in [0.2, 0.25) is 0 Å². The van der Waals surface area contributed by atoms with Crippen LogP contribution < -0.4 is 5.32 Å². The van der Waals surface area contributed by atoms with Crippen molar-refractivity contribution >= 4 is 39.7 Å². The molecule has 0 atom stereocenters. The molecular formula is C10H8N2O3S2. The average Bonchev–Trinajstić information content (AvgIpc) is 2.98. The predicted molar refractivity (Wildman–Crippen MR) is 65.7 cm³/mol. The Balaban J connectivity index is 2.07. The Kier molecular flexibility index (Phi) is 3.50. The van der Waals surface area contributed by atoms with Crippen molar-refractivity contribution in [2.75, 3.05) is 12.4 Å². The molecule has 0 saturated heterocycles. The summed E-state index contributed by atoms with van der Waals surface area (Å²) in [5.74, 6) is -0.690. The van der Waals surface area contributed by atoms with Gasteiger partial charge in [0.1, 0.15) is 4.88 Å². The Morgan fingerprint density at radius 1 is 1.41 bits per heavy atom. The van der Waals surface area contributed by atoms with E-state index in [1.54, 1.807) is 12.1 Å². The molecule has 7 heteroatoms. The SMILES string of the molecule is COC(=O)c1cnc(NC(=O)c2cccs2)s1. The summed E-state index contributed by atoms with van der Waals surface area (Å²) in [4.78, 5) is 27.7. The second-order valence-electron chi connectivity index (χ2n) is 2.95. The fourth-order valence-corrected chi connectivity index (χ4v) is 2.44. The van der Waals surface area contributed by atoms with E-state index < -0.39 is 5.97 Å². The maximum Gasteiger partial charge on any atom is 0.349 e. The van der Waals surface area contributed by atoms with E-state index in [0.29, 0.717) is 14.9 Å². The molecule has 2 aromatic heterocycles. The van der Waals surface area contributed by atoms with Crippen molar-refractivity contribution in [2.24, 2.45) is 0 Å². The second kappa shape index (κ2) is 5.07. The third kappa shape index (κ3) is 2.69. The van der Waals surface area contributed by atoms with Crippen molar-refractivity contribution in [1.82, 2.24) is 4.98 Å². The summed E-state index contributed by atoms with van der Waals surface area (Å²) in [5.41, 5.74) is 0. The Morgan fingerprint density at radius 2 is 2.24 bits per heavy atom. The molecule has 0 aliphatic rings. The van der Waals surface area contributed by atoms with Crippen molar-refractivity contribution in [2.45, 2.75) is 0 Å². The summed E-state index contributed by atoms with van der Waals surface area (Å²) in [5, 5.41) is 4.81. The van der Waals surface area contributed by atoms with E-state index in [2.05, 4.69) is 15.0 Å². The van der Waals surface area contributed by atoms with Gasteiger partial charge in [0, 0.05) is 0 Å². The molecule has 2 rings (SSSR count). The van der Waals surface area contributed by atoms with E-state index in [4.69, 9.17) is 0 Å². The number of carbonyl (C=O) groups excluding carboxylic acids is 2. The first kappa shape index (κ1) is 11.7. The maximum absolute atomic E-state index is 11.7. The van der Waals surface area contributed by atoms with Crippen LogP contribution in [-0.2, 0) is 4.74 Å². The van der Waals surface area contributed by atoms with Crippen molar-refractivity contribution in [3.05, 3.63) is 33.5 Å². The smallest absolute Gasteiger partial charge is 0.349 e. The van der Waals surface area contributed by atoms with Gasteiger partial charge in [-0.15, -0.1) is 11.3 Å². The number of esters is 1. The van der Waals surface area contributed by atoms with E-state index in [0.717, 1.165) is 11.3 Å². The summed E-state index contributed by atoms with van der Waals surface area (Å²) in [6, 6.07) is 3.51. The lowest BCUT2D eigenvalue weighted by molar-refractivity contribution is 0.0606. The number of rotatable bonds is 3. The van der Waals surface area contributed by atoms with Gasteiger partial charge in [-0.2, -0.15) is 0 Å². The molecule has 0 aliphatic carbocycles. The van der Waals surface area contributed by atoms with Crippen LogP contribution in [0.4, 0.5) is 5.13 Å². The van der Waals surface area contributed by atoms with Crippen LogP contribution in [0, 0.1) is 0 Å². The number of carbonyl (C=O) groups is 2. The molecule has 17 heavy (non-hydrogen) atoms. The Hall–Kier alpha value is -1.73. The van der Waals surface area contributed by atoms with E-state index in [-0.39, 0.29) is 5.91 Å². The molecule has 0 saturated carbocycles. The fraction of sp³-hybridized carbons (Fsp3) is 0.100. The number of nitrogens with zero attached hydrogens (tertiary/aromatic N) is 1. The Labute approximate surface area is 105 Å². The second-order valence-corrected chi connectivity index (χ2v) is 4.93. The highest BCUT2D eigenvalue weighted by Crippen LogP contribution is 2.20. The summed E-state index contributed by atoms with van der Waals surface area (Å²) in [6.07, 6.45) is 1.38. The first-order valence-electron chi connectivity index (χ1n) is 4.59. The number of thiazole rings is 1. The van der Waals surface area contributed by atoms with E-state index in [1.807, 2.05) is 5.38 Å². The molecule has 2 aromatic rings. The zero-order valence-corrected chi connectivity index (χ0v) is 10.4. The third-order valence-corrected chi connectivity index (χ3v) is 3.62. The number of ether oxygens (including phenoxy) is 1. The lowest BCUT2D eigenvalue weighted by Crippen LogP contribution is -2.09. The zero-order valence-electron chi connectivity index (χ0n) is 8.80.